The van der Waals surface area contributed by atoms with Crippen molar-refractivity contribution in [1.82, 2.24) is 10.6 Å². The van der Waals surface area contributed by atoms with Crippen LogP contribution in [0.3, 0.4) is 0 Å². The number of amides is 1. The zero-order valence-electron chi connectivity index (χ0n) is 14.6. The lowest BCUT2D eigenvalue weighted by atomic mass is 9.63. The van der Waals surface area contributed by atoms with Gasteiger partial charge < -0.3 is 10.6 Å². The summed E-state index contributed by atoms with van der Waals surface area (Å²) < 4.78 is 13.6. The summed E-state index contributed by atoms with van der Waals surface area (Å²) in [5.41, 5.74) is 2.86. The van der Waals surface area contributed by atoms with Crippen LogP contribution in [0.15, 0.2) is 48.5 Å². The second-order valence-corrected chi connectivity index (χ2v) is 7.11. The van der Waals surface area contributed by atoms with Crippen LogP contribution in [-0.2, 0) is 16.6 Å². The van der Waals surface area contributed by atoms with E-state index < -0.39 is 5.41 Å². The molecule has 1 atom stereocenters. The molecule has 0 aromatic heterocycles. The third kappa shape index (κ3) is 3.36. The molecule has 0 saturated heterocycles. The van der Waals surface area contributed by atoms with Gasteiger partial charge in [0.05, 0.1) is 5.41 Å². The molecule has 0 bridgehead atoms. The summed E-state index contributed by atoms with van der Waals surface area (Å²) in [6, 6.07) is 15.0. The van der Waals surface area contributed by atoms with Gasteiger partial charge in [-0.1, -0.05) is 42.8 Å². The molecule has 26 heavy (non-hydrogen) atoms. The van der Waals surface area contributed by atoms with Crippen LogP contribution in [0, 0.1) is 5.82 Å². The predicted molar refractivity (Wildman–Crippen MR) is 103 cm³/mol. The van der Waals surface area contributed by atoms with Crippen LogP contribution < -0.4 is 10.6 Å². The number of halogens is 2. The van der Waals surface area contributed by atoms with Crippen molar-refractivity contribution in [2.24, 2.45) is 0 Å². The third-order valence-corrected chi connectivity index (χ3v) is 5.70. The summed E-state index contributed by atoms with van der Waals surface area (Å²) in [6.07, 6.45) is 3.61. The molecule has 1 heterocycles. The number of hydrogen-bond acceptors (Lipinski definition) is 2. The van der Waals surface area contributed by atoms with E-state index in [0.717, 1.165) is 37.8 Å². The Labute approximate surface area is 159 Å². The molecule has 1 aliphatic heterocycles. The third-order valence-electron chi connectivity index (χ3n) is 5.70. The van der Waals surface area contributed by atoms with E-state index in [-0.39, 0.29) is 30.2 Å². The Morgan fingerprint density at radius 3 is 2.73 bits per heavy atom. The number of rotatable bonds is 4. The maximum atomic E-state index is 13.6. The zero-order valence-corrected chi connectivity index (χ0v) is 15.4. The van der Waals surface area contributed by atoms with Crippen molar-refractivity contribution in [3.8, 4) is 0 Å². The summed E-state index contributed by atoms with van der Waals surface area (Å²) in [7, 11) is 0. The zero-order chi connectivity index (χ0) is 17.3. The molecule has 2 N–H and O–H groups in total. The molecular weight excluding hydrogens is 351 g/mol. The highest BCUT2D eigenvalue weighted by Gasteiger charge is 2.45. The average Bonchev–Trinajstić information content (AvgIpc) is 2.59. The normalized spacial score (nSPS) is 20.3. The minimum Gasteiger partial charge on any atom is -0.353 e. The van der Waals surface area contributed by atoms with Gasteiger partial charge in [-0.05, 0) is 54.6 Å². The molecule has 0 radical (unpaired) electrons. The molecule has 1 unspecified atom stereocenters. The quantitative estimate of drug-likeness (QED) is 0.857. The number of benzene rings is 2. The van der Waals surface area contributed by atoms with Gasteiger partial charge in [-0.2, -0.15) is 0 Å². The van der Waals surface area contributed by atoms with Crippen LogP contribution >= 0.6 is 12.4 Å². The second kappa shape index (κ2) is 7.77. The number of fused-ring (bicyclic) bond motifs is 1. The van der Waals surface area contributed by atoms with Crippen molar-refractivity contribution in [3.05, 3.63) is 71.0 Å². The lowest BCUT2D eigenvalue weighted by Crippen LogP contribution is -2.51. The van der Waals surface area contributed by atoms with E-state index in [4.69, 9.17) is 0 Å². The monoisotopic (exact) mass is 374 g/mol. The highest BCUT2D eigenvalue weighted by Crippen LogP contribution is 2.44. The van der Waals surface area contributed by atoms with E-state index in [0.29, 0.717) is 6.54 Å². The van der Waals surface area contributed by atoms with E-state index in [1.807, 2.05) is 12.1 Å². The molecule has 1 saturated carbocycles. The smallest absolute Gasteiger partial charge is 0.230 e. The van der Waals surface area contributed by atoms with E-state index in [1.165, 1.54) is 23.3 Å². The molecule has 138 valence electrons. The van der Waals surface area contributed by atoms with Crippen molar-refractivity contribution >= 4 is 18.3 Å². The fourth-order valence-electron chi connectivity index (χ4n) is 4.10. The van der Waals surface area contributed by atoms with Crippen LogP contribution in [0.5, 0.6) is 0 Å². The van der Waals surface area contributed by atoms with Gasteiger partial charge in [0.1, 0.15) is 5.82 Å². The van der Waals surface area contributed by atoms with Gasteiger partial charge >= 0.3 is 0 Å². The second-order valence-electron chi connectivity index (χ2n) is 7.11. The number of nitrogens with one attached hydrogen (secondary N) is 2. The standard InChI is InChI=1S/C21H23FN2O.ClH/c22-17-7-3-6-16(13-17)21(10-4-11-21)20(25)24-14-19-18-8-2-1-5-15(18)9-12-23-19;/h1-3,5-8,13,19,23H,4,9-12,14H2,(H,24,25);1H. The van der Waals surface area contributed by atoms with Crippen molar-refractivity contribution < 1.29 is 9.18 Å². The molecule has 2 aromatic carbocycles. The molecule has 5 heteroatoms. The van der Waals surface area contributed by atoms with Crippen molar-refractivity contribution in [2.45, 2.75) is 37.1 Å². The highest BCUT2D eigenvalue weighted by molar-refractivity contribution is 5.89. The van der Waals surface area contributed by atoms with Gasteiger partial charge in [0.2, 0.25) is 5.91 Å². The first-order valence-electron chi connectivity index (χ1n) is 9.05. The Bertz CT molecular complexity index is 791. The Kier molecular flexibility index (Phi) is 5.64. The molecule has 1 fully saturated rings. The van der Waals surface area contributed by atoms with Gasteiger partial charge in [-0.15, -0.1) is 12.4 Å². The number of carbonyl (C=O) groups is 1. The molecule has 2 aliphatic rings. The van der Waals surface area contributed by atoms with Gasteiger partial charge in [0, 0.05) is 12.6 Å². The van der Waals surface area contributed by atoms with Gasteiger partial charge in [-0.25, -0.2) is 4.39 Å². The summed E-state index contributed by atoms with van der Waals surface area (Å²) in [4.78, 5) is 13.0. The minimum absolute atomic E-state index is 0. The molecule has 4 rings (SSSR count). The Balaban J connectivity index is 0.00000196. The molecule has 3 nitrogen and oxygen atoms in total. The first-order valence-corrected chi connectivity index (χ1v) is 9.05. The van der Waals surface area contributed by atoms with Gasteiger partial charge in [0.25, 0.3) is 0 Å². The Morgan fingerprint density at radius 1 is 1.19 bits per heavy atom. The van der Waals surface area contributed by atoms with Gasteiger partial charge in [0.15, 0.2) is 0 Å². The maximum absolute atomic E-state index is 13.6. The number of carbonyl (C=O) groups excluding carboxylic acids is 1. The Morgan fingerprint density at radius 2 is 2.00 bits per heavy atom. The summed E-state index contributed by atoms with van der Waals surface area (Å²) in [6.45, 7) is 1.49. The van der Waals surface area contributed by atoms with E-state index in [2.05, 4.69) is 28.8 Å². The first kappa shape index (κ1) is 18.9. The summed E-state index contributed by atoms with van der Waals surface area (Å²) >= 11 is 0. The lowest BCUT2D eigenvalue weighted by Gasteiger charge is -2.41. The average molecular weight is 375 g/mol. The highest BCUT2D eigenvalue weighted by atomic mass is 35.5. The van der Waals surface area contributed by atoms with Crippen LogP contribution in [-0.4, -0.2) is 19.0 Å². The van der Waals surface area contributed by atoms with Gasteiger partial charge in [-0.3, -0.25) is 4.79 Å². The van der Waals surface area contributed by atoms with Crippen LogP contribution in [0.25, 0.3) is 0 Å². The van der Waals surface area contributed by atoms with Crippen molar-refractivity contribution in [2.75, 3.05) is 13.1 Å². The predicted octanol–water partition coefficient (Wildman–Crippen LogP) is 3.67. The van der Waals surface area contributed by atoms with Crippen LogP contribution in [0.2, 0.25) is 0 Å². The lowest BCUT2D eigenvalue weighted by molar-refractivity contribution is -0.130. The minimum atomic E-state index is -0.559. The fraction of sp³-hybridized carbons (Fsp3) is 0.381. The molecule has 0 spiro atoms. The maximum Gasteiger partial charge on any atom is 0.230 e. The summed E-state index contributed by atoms with van der Waals surface area (Å²) in [5, 5.41) is 6.62. The Hall–Kier alpha value is -1.91. The first-order chi connectivity index (χ1) is 12.2. The van der Waals surface area contributed by atoms with Crippen LogP contribution in [0.4, 0.5) is 4.39 Å². The molecule has 1 amide bonds. The van der Waals surface area contributed by atoms with E-state index >= 15 is 0 Å². The van der Waals surface area contributed by atoms with E-state index in [1.54, 1.807) is 6.07 Å². The molecule has 1 aliphatic carbocycles. The van der Waals surface area contributed by atoms with Crippen LogP contribution in [0.1, 0.15) is 42.0 Å². The molecule has 2 aromatic rings. The van der Waals surface area contributed by atoms with E-state index in [9.17, 15) is 9.18 Å². The van der Waals surface area contributed by atoms with Crippen molar-refractivity contribution in [1.29, 1.82) is 0 Å². The SMILES string of the molecule is Cl.O=C(NCC1NCCc2ccccc21)C1(c2cccc(F)c2)CCC1. The summed E-state index contributed by atoms with van der Waals surface area (Å²) in [5.74, 6) is -0.256. The topological polar surface area (TPSA) is 41.1 Å². The largest absolute Gasteiger partial charge is 0.353 e. The molecular formula is C21H24ClFN2O. The number of hydrogen-bond donors (Lipinski definition) is 2. The van der Waals surface area contributed by atoms with Crippen molar-refractivity contribution in [3.63, 3.8) is 0 Å². The fourth-order valence-corrected chi connectivity index (χ4v) is 4.10.